The molecule has 0 atom stereocenters. The van der Waals surface area contributed by atoms with E-state index in [4.69, 9.17) is 0 Å². The van der Waals surface area contributed by atoms with Gasteiger partial charge in [-0.25, -0.2) is 9.37 Å². The van der Waals surface area contributed by atoms with E-state index >= 15 is 0 Å². The summed E-state index contributed by atoms with van der Waals surface area (Å²) >= 11 is 1.54. The van der Waals surface area contributed by atoms with Crippen molar-refractivity contribution in [1.82, 2.24) is 20.5 Å². The Morgan fingerprint density at radius 3 is 2.71 bits per heavy atom. The molecule has 0 spiro atoms. The number of carbonyl (C=O) groups is 1. The molecular weight excluding hydrogens is 327 g/mol. The second-order valence-corrected chi connectivity index (χ2v) is 6.05. The van der Waals surface area contributed by atoms with Gasteiger partial charge in [0.2, 0.25) is 0 Å². The number of benzene rings is 2. The van der Waals surface area contributed by atoms with Gasteiger partial charge in [-0.15, -0.1) is 0 Å². The highest BCUT2D eigenvalue weighted by Crippen LogP contribution is 2.18. The number of hydrogen-bond acceptors (Lipinski definition) is 4. The Labute approximate surface area is 142 Å². The molecular formula is C17H15FN4OS. The number of nitrogens with one attached hydrogen (secondary N) is 2. The third-order valence-electron chi connectivity index (χ3n) is 3.33. The highest BCUT2D eigenvalue weighted by Gasteiger charge is 2.06. The molecule has 0 unspecified atom stereocenters. The van der Waals surface area contributed by atoms with E-state index in [9.17, 15) is 9.18 Å². The van der Waals surface area contributed by atoms with Crippen molar-refractivity contribution >= 4 is 17.7 Å². The van der Waals surface area contributed by atoms with Crippen LogP contribution in [-0.4, -0.2) is 21.1 Å². The zero-order valence-corrected chi connectivity index (χ0v) is 13.5. The molecule has 1 aromatic heterocycles. The van der Waals surface area contributed by atoms with Crippen LogP contribution >= 0.6 is 11.8 Å². The standard InChI is InChI=1S/C17H15FN4OS/c18-15-3-1-2-13(8-15)9-19-16(23)14-6-4-12(5-7-14)10-24-17-20-11-21-22-17/h1-8,11H,9-10H2,(H,19,23)(H,20,21,22). The van der Waals surface area contributed by atoms with Gasteiger partial charge in [-0.1, -0.05) is 36.0 Å². The van der Waals surface area contributed by atoms with Crippen LogP contribution in [-0.2, 0) is 12.3 Å². The fourth-order valence-corrected chi connectivity index (χ4v) is 2.83. The summed E-state index contributed by atoms with van der Waals surface area (Å²) in [5, 5.41) is 10.1. The minimum Gasteiger partial charge on any atom is -0.348 e. The third kappa shape index (κ3) is 4.42. The largest absolute Gasteiger partial charge is 0.348 e. The monoisotopic (exact) mass is 342 g/mol. The summed E-state index contributed by atoms with van der Waals surface area (Å²) in [5.74, 6) is 0.240. The molecule has 3 rings (SSSR count). The molecule has 122 valence electrons. The van der Waals surface area contributed by atoms with Crippen LogP contribution in [0.25, 0.3) is 0 Å². The molecule has 2 aromatic carbocycles. The van der Waals surface area contributed by atoms with E-state index in [1.165, 1.54) is 30.2 Å². The van der Waals surface area contributed by atoms with Crippen molar-refractivity contribution in [2.24, 2.45) is 0 Å². The Balaban J connectivity index is 1.53. The Kier molecular flexibility index (Phi) is 5.22. The number of rotatable bonds is 6. The molecule has 0 saturated carbocycles. The lowest BCUT2D eigenvalue weighted by Crippen LogP contribution is -2.22. The van der Waals surface area contributed by atoms with Crippen molar-refractivity contribution < 1.29 is 9.18 Å². The van der Waals surface area contributed by atoms with Gasteiger partial charge in [0, 0.05) is 17.9 Å². The van der Waals surface area contributed by atoms with E-state index in [0.29, 0.717) is 12.1 Å². The number of nitrogens with zero attached hydrogens (tertiary/aromatic N) is 2. The predicted octanol–water partition coefficient (Wildman–Crippen LogP) is 3.17. The van der Waals surface area contributed by atoms with Crippen LogP contribution in [0.3, 0.4) is 0 Å². The first-order valence-corrected chi connectivity index (χ1v) is 8.29. The Bertz CT molecular complexity index is 806. The lowest BCUT2D eigenvalue weighted by molar-refractivity contribution is 0.0951. The Morgan fingerprint density at radius 2 is 2.00 bits per heavy atom. The molecule has 0 aliphatic heterocycles. The van der Waals surface area contributed by atoms with E-state index in [2.05, 4.69) is 20.5 Å². The number of H-pyrrole nitrogens is 1. The number of thioether (sulfide) groups is 1. The summed E-state index contributed by atoms with van der Waals surface area (Å²) in [4.78, 5) is 16.2. The molecule has 24 heavy (non-hydrogen) atoms. The van der Waals surface area contributed by atoms with Crippen molar-refractivity contribution in [3.05, 3.63) is 77.4 Å². The summed E-state index contributed by atoms with van der Waals surface area (Å²) in [7, 11) is 0. The maximum Gasteiger partial charge on any atom is 0.251 e. The molecule has 0 radical (unpaired) electrons. The fourth-order valence-electron chi connectivity index (χ4n) is 2.10. The summed E-state index contributed by atoms with van der Waals surface area (Å²) < 4.78 is 13.1. The van der Waals surface area contributed by atoms with Gasteiger partial charge in [-0.05, 0) is 35.4 Å². The van der Waals surface area contributed by atoms with Gasteiger partial charge in [0.25, 0.3) is 5.91 Å². The minimum absolute atomic E-state index is 0.186. The van der Waals surface area contributed by atoms with E-state index in [1.807, 2.05) is 12.1 Å². The number of halogens is 1. The van der Waals surface area contributed by atoms with Crippen molar-refractivity contribution in [2.75, 3.05) is 0 Å². The van der Waals surface area contributed by atoms with Crippen LogP contribution in [0.15, 0.2) is 60.0 Å². The molecule has 0 aliphatic carbocycles. The zero-order valence-electron chi connectivity index (χ0n) is 12.7. The smallest absolute Gasteiger partial charge is 0.251 e. The highest BCUT2D eigenvalue weighted by atomic mass is 32.2. The molecule has 5 nitrogen and oxygen atoms in total. The van der Waals surface area contributed by atoms with Crippen molar-refractivity contribution in [3.63, 3.8) is 0 Å². The van der Waals surface area contributed by atoms with E-state index in [1.54, 1.807) is 24.3 Å². The van der Waals surface area contributed by atoms with Crippen LogP contribution in [0.4, 0.5) is 4.39 Å². The van der Waals surface area contributed by atoms with Crippen LogP contribution < -0.4 is 5.32 Å². The van der Waals surface area contributed by atoms with Crippen LogP contribution in [0.5, 0.6) is 0 Å². The van der Waals surface area contributed by atoms with Crippen molar-refractivity contribution in [3.8, 4) is 0 Å². The van der Waals surface area contributed by atoms with E-state index < -0.39 is 0 Å². The lowest BCUT2D eigenvalue weighted by atomic mass is 10.1. The summed E-state index contributed by atoms with van der Waals surface area (Å²) in [6, 6.07) is 13.5. The van der Waals surface area contributed by atoms with Crippen LogP contribution in [0, 0.1) is 5.82 Å². The summed E-state index contributed by atoms with van der Waals surface area (Å²) in [6.45, 7) is 0.291. The first kappa shape index (κ1) is 16.2. The second kappa shape index (κ2) is 7.74. The van der Waals surface area contributed by atoms with Crippen LogP contribution in [0.2, 0.25) is 0 Å². The molecule has 0 aliphatic rings. The average molecular weight is 342 g/mol. The van der Waals surface area contributed by atoms with Gasteiger partial charge in [0.15, 0.2) is 5.16 Å². The van der Waals surface area contributed by atoms with Gasteiger partial charge < -0.3 is 5.32 Å². The normalized spacial score (nSPS) is 10.5. The third-order valence-corrected chi connectivity index (χ3v) is 4.27. The summed E-state index contributed by atoms with van der Waals surface area (Å²) in [5.41, 5.74) is 2.38. The molecule has 2 N–H and O–H groups in total. The zero-order chi connectivity index (χ0) is 16.8. The van der Waals surface area contributed by atoms with Crippen LogP contribution in [0.1, 0.15) is 21.5 Å². The van der Waals surface area contributed by atoms with Crippen molar-refractivity contribution in [1.29, 1.82) is 0 Å². The molecule has 1 heterocycles. The molecule has 1 amide bonds. The molecule has 3 aromatic rings. The second-order valence-electron chi connectivity index (χ2n) is 5.09. The molecule has 7 heteroatoms. The number of aromatic amines is 1. The fraction of sp³-hybridized carbons (Fsp3) is 0.118. The predicted molar refractivity (Wildman–Crippen MR) is 90.0 cm³/mol. The Morgan fingerprint density at radius 1 is 1.17 bits per heavy atom. The number of amides is 1. The van der Waals surface area contributed by atoms with E-state index in [0.717, 1.165) is 22.0 Å². The van der Waals surface area contributed by atoms with E-state index in [-0.39, 0.29) is 11.7 Å². The first-order chi connectivity index (χ1) is 11.7. The molecule has 0 fully saturated rings. The van der Waals surface area contributed by atoms with Crippen molar-refractivity contribution in [2.45, 2.75) is 17.5 Å². The minimum atomic E-state index is -0.310. The van der Waals surface area contributed by atoms with Gasteiger partial charge in [-0.3, -0.25) is 9.89 Å². The van der Waals surface area contributed by atoms with Gasteiger partial charge in [-0.2, -0.15) is 5.10 Å². The maximum atomic E-state index is 13.1. The molecule has 0 saturated heterocycles. The summed E-state index contributed by atoms with van der Waals surface area (Å²) in [6.07, 6.45) is 1.47. The lowest BCUT2D eigenvalue weighted by Gasteiger charge is -2.06. The highest BCUT2D eigenvalue weighted by molar-refractivity contribution is 7.98. The maximum absolute atomic E-state index is 13.1. The van der Waals surface area contributed by atoms with Gasteiger partial charge in [0.05, 0.1) is 0 Å². The molecule has 0 bridgehead atoms. The first-order valence-electron chi connectivity index (χ1n) is 7.30. The number of hydrogen-bond donors (Lipinski definition) is 2. The quantitative estimate of drug-likeness (QED) is 0.675. The van der Waals surface area contributed by atoms with Gasteiger partial charge >= 0.3 is 0 Å². The SMILES string of the molecule is O=C(NCc1cccc(F)c1)c1ccc(CSc2ncn[nH]2)cc1. The topological polar surface area (TPSA) is 70.7 Å². The number of carbonyl (C=O) groups excluding carboxylic acids is 1. The average Bonchev–Trinajstić information content (AvgIpc) is 3.12. The Hall–Kier alpha value is -2.67. The number of aromatic nitrogens is 3. The van der Waals surface area contributed by atoms with Gasteiger partial charge in [0.1, 0.15) is 12.1 Å².